The number of fused-ring (bicyclic) bond motifs is 1. The Hall–Kier alpha value is -4.10. The van der Waals surface area contributed by atoms with Crippen LogP contribution in [-0.4, -0.2) is 0 Å². The second kappa shape index (κ2) is 13.7. The van der Waals surface area contributed by atoms with Gasteiger partial charge in [-0.15, -0.1) is 0 Å². The molecule has 0 atom stereocenters. The van der Waals surface area contributed by atoms with E-state index in [0.717, 1.165) is 0 Å². The smallest absolute Gasteiger partial charge is 0.0526 e. The number of nitrogens with zero attached hydrogens (tertiary/aromatic N) is 1. The molecule has 0 heterocycles. The third-order valence-electron chi connectivity index (χ3n) is 14.5. The molecule has 0 spiro atoms. The van der Waals surface area contributed by atoms with E-state index in [9.17, 15) is 0 Å². The molecule has 5 rings (SSSR count). The molecule has 0 unspecified atom stereocenters. The lowest BCUT2D eigenvalue weighted by molar-refractivity contribution is 1.07. The molecule has 5 aromatic rings. The first-order chi connectivity index (χ1) is 24.1. The van der Waals surface area contributed by atoms with Gasteiger partial charge in [0.05, 0.1) is 17.1 Å². The predicted octanol–water partition coefficient (Wildman–Crippen LogP) is 15.0. The van der Waals surface area contributed by atoms with Crippen molar-refractivity contribution in [2.75, 3.05) is 4.90 Å². The Labute approximate surface area is 317 Å². The van der Waals surface area contributed by atoms with E-state index in [-0.39, 0.29) is 0 Å². The zero-order valence-electron chi connectivity index (χ0n) is 36.6. The van der Waals surface area contributed by atoms with Gasteiger partial charge in [0.15, 0.2) is 0 Å². The van der Waals surface area contributed by atoms with E-state index in [1.54, 1.807) is 0 Å². The van der Waals surface area contributed by atoms with Crippen molar-refractivity contribution >= 4 is 40.0 Å². The van der Waals surface area contributed by atoms with Gasteiger partial charge in [-0.25, -0.2) is 0 Å². The van der Waals surface area contributed by atoms with E-state index in [1.165, 1.54) is 156 Å². The zero-order valence-corrected chi connectivity index (χ0v) is 36.6. The number of hydrogen-bond acceptors (Lipinski definition) is 1. The Balaban J connectivity index is 1.89. The average molecular weight is 692 g/mol. The Morgan fingerprint density at radius 1 is 0.212 bits per heavy atom. The molecule has 0 aliphatic carbocycles. The van der Waals surface area contributed by atoms with E-state index in [1.807, 2.05) is 0 Å². The summed E-state index contributed by atoms with van der Waals surface area (Å²) in [4.78, 5) is 2.67. The third kappa shape index (κ3) is 5.57. The maximum absolute atomic E-state index is 2.67. The van der Waals surface area contributed by atoms with Gasteiger partial charge in [-0.1, -0.05) is 12.2 Å². The molecular formula is C51H65N. The summed E-state index contributed by atoms with van der Waals surface area (Å²) in [5.41, 5.74) is 35.6. The van der Waals surface area contributed by atoms with Crippen molar-refractivity contribution in [1.29, 1.82) is 0 Å². The second-order valence-corrected chi connectivity index (χ2v) is 16.4. The van der Waals surface area contributed by atoms with E-state index < -0.39 is 0 Å². The first kappa shape index (κ1) is 39.1. The standard InChI is InChI=1S/C51H65N/c1-24-28(5)39(16)49(40(17)29(24)6)52(50-41(18)30(7)25(2)31(8)42(50)19)51-43(20)34(11)45(35(12)44(51)21)22-23-46-33(10)32(9)37(14)47-36(13)26(3)27(4)38(15)48(46)47/h22-23H,1-21H3/b23-22+. The molecule has 0 radical (unpaired) electrons. The minimum atomic E-state index is 1.32. The highest BCUT2D eigenvalue weighted by atomic mass is 15.2. The number of anilines is 3. The van der Waals surface area contributed by atoms with Crippen LogP contribution in [0.3, 0.4) is 0 Å². The van der Waals surface area contributed by atoms with Crippen LogP contribution in [0.5, 0.6) is 0 Å². The van der Waals surface area contributed by atoms with Crippen molar-refractivity contribution in [2.45, 2.75) is 145 Å². The molecular weight excluding hydrogens is 627 g/mol. The number of aryl methyl sites for hydroxylation is 3. The maximum Gasteiger partial charge on any atom is 0.0526 e. The first-order valence-electron chi connectivity index (χ1n) is 19.3. The van der Waals surface area contributed by atoms with Gasteiger partial charge in [0.1, 0.15) is 0 Å². The number of hydrogen-bond donors (Lipinski definition) is 0. The second-order valence-electron chi connectivity index (χ2n) is 16.4. The van der Waals surface area contributed by atoms with Crippen molar-refractivity contribution in [3.05, 3.63) is 128 Å². The SMILES string of the molecule is Cc1c(C)c(C)c(N(c2c(C)c(C)c(C)c(C)c2C)c2c(C)c(C)c(/C=C/c3c(C)c(C)c(C)c4c(C)c(C)c(C)c(C)c34)c(C)c2C)c(C)c1C. The van der Waals surface area contributed by atoms with Crippen LogP contribution in [0, 0.1) is 145 Å². The van der Waals surface area contributed by atoms with Crippen molar-refractivity contribution < 1.29 is 0 Å². The van der Waals surface area contributed by atoms with Crippen molar-refractivity contribution in [3.8, 4) is 0 Å². The molecule has 0 amide bonds. The van der Waals surface area contributed by atoms with Crippen molar-refractivity contribution in [3.63, 3.8) is 0 Å². The van der Waals surface area contributed by atoms with Crippen LogP contribution in [0.2, 0.25) is 0 Å². The molecule has 0 saturated carbocycles. The lowest BCUT2D eigenvalue weighted by Gasteiger charge is -2.37. The fraction of sp³-hybridized carbons (Fsp3) is 0.412. The zero-order chi connectivity index (χ0) is 39.2. The molecule has 0 bridgehead atoms. The molecule has 0 N–H and O–H groups in total. The summed E-state index contributed by atoms with van der Waals surface area (Å²) in [5, 5.41) is 2.84. The average Bonchev–Trinajstić information content (AvgIpc) is 3.11. The van der Waals surface area contributed by atoms with Gasteiger partial charge in [0.25, 0.3) is 0 Å². The largest absolute Gasteiger partial charge is 0.309 e. The fourth-order valence-electron chi connectivity index (χ4n) is 9.22. The summed E-state index contributed by atoms with van der Waals surface area (Å²) in [6.07, 6.45) is 4.85. The van der Waals surface area contributed by atoms with Gasteiger partial charge in [-0.05, 0) is 284 Å². The lowest BCUT2D eigenvalue weighted by atomic mass is 9.82. The summed E-state index contributed by atoms with van der Waals surface area (Å²) in [6.45, 7) is 48.7. The normalized spacial score (nSPS) is 11.9. The van der Waals surface area contributed by atoms with E-state index >= 15 is 0 Å². The van der Waals surface area contributed by atoms with Crippen LogP contribution in [0.4, 0.5) is 17.1 Å². The highest BCUT2D eigenvalue weighted by Crippen LogP contribution is 2.50. The van der Waals surface area contributed by atoms with Crippen LogP contribution in [0.15, 0.2) is 0 Å². The van der Waals surface area contributed by atoms with E-state index in [2.05, 4.69) is 162 Å². The highest BCUT2D eigenvalue weighted by Gasteiger charge is 2.29. The molecule has 1 nitrogen and oxygen atoms in total. The third-order valence-corrected chi connectivity index (χ3v) is 14.5. The number of benzene rings is 5. The van der Waals surface area contributed by atoms with Gasteiger partial charge in [-0.2, -0.15) is 0 Å². The Kier molecular flexibility index (Phi) is 10.3. The van der Waals surface area contributed by atoms with Gasteiger partial charge < -0.3 is 4.90 Å². The summed E-state index contributed by atoms with van der Waals surface area (Å²) in [7, 11) is 0. The summed E-state index contributed by atoms with van der Waals surface area (Å²) >= 11 is 0. The van der Waals surface area contributed by atoms with Crippen LogP contribution in [-0.2, 0) is 0 Å². The highest BCUT2D eigenvalue weighted by molar-refractivity contribution is 6.02. The molecule has 52 heavy (non-hydrogen) atoms. The van der Waals surface area contributed by atoms with Gasteiger partial charge in [0, 0.05) is 0 Å². The number of rotatable bonds is 5. The quantitative estimate of drug-likeness (QED) is 0.166. The van der Waals surface area contributed by atoms with E-state index in [0.29, 0.717) is 0 Å². The van der Waals surface area contributed by atoms with Crippen LogP contribution < -0.4 is 4.90 Å². The van der Waals surface area contributed by atoms with E-state index in [4.69, 9.17) is 0 Å². The Morgan fingerprint density at radius 3 is 0.769 bits per heavy atom. The maximum atomic E-state index is 2.67. The van der Waals surface area contributed by atoms with Gasteiger partial charge in [0.2, 0.25) is 0 Å². The molecule has 1 heteroatoms. The van der Waals surface area contributed by atoms with Gasteiger partial charge >= 0.3 is 0 Å². The minimum absolute atomic E-state index is 1.32. The molecule has 0 aliphatic heterocycles. The van der Waals surface area contributed by atoms with Gasteiger partial charge in [-0.3, -0.25) is 0 Å². The topological polar surface area (TPSA) is 3.24 Å². The molecule has 0 saturated heterocycles. The monoisotopic (exact) mass is 692 g/mol. The van der Waals surface area contributed by atoms with Crippen molar-refractivity contribution in [1.82, 2.24) is 0 Å². The summed E-state index contributed by atoms with van der Waals surface area (Å²) in [5.74, 6) is 0. The summed E-state index contributed by atoms with van der Waals surface area (Å²) < 4.78 is 0. The first-order valence-corrected chi connectivity index (χ1v) is 19.3. The van der Waals surface area contributed by atoms with Crippen LogP contribution in [0.1, 0.15) is 128 Å². The molecule has 0 fully saturated rings. The fourth-order valence-corrected chi connectivity index (χ4v) is 9.22. The minimum Gasteiger partial charge on any atom is -0.309 e. The molecule has 0 aliphatic rings. The Morgan fingerprint density at radius 2 is 0.423 bits per heavy atom. The van der Waals surface area contributed by atoms with Crippen LogP contribution in [0.25, 0.3) is 22.9 Å². The lowest BCUT2D eigenvalue weighted by Crippen LogP contribution is -2.21. The predicted molar refractivity (Wildman–Crippen MR) is 233 cm³/mol. The molecule has 0 aromatic heterocycles. The molecule has 274 valence electrons. The van der Waals surface area contributed by atoms with Crippen LogP contribution >= 0.6 is 0 Å². The molecule has 5 aromatic carbocycles. The van der Waals surface area contributed by atoms with Crippen molar-refractivity contribution in [2.24, 2.45) is 0 Å². The Bertz CT molecular complexity index is 2220. The summed E-state index contributed by atoms with van der Waals surface area (Å²) in [6, 6.07) is 0.